The van der Waals surface area contributed by atoms with Crippen molar-refractivity contribution in [1.82, 2.24) is 19.2 Å². The Morgan fingerprint density at radius 1 is 0.950 bits per heavy atom. The second kappa shape index (κ2) is 12.7. The van der Waals surface area contributed by atoms with Crippen molar-refractivity contribution in [2.75, 3.05) is 32.8 Å². The molecule has 0 atom stereocenters. The van der Waals surface area contributed by atoms with Crippen molar-refractivity contribution in [3.05, 3.63) is 116 Å². The molecular formula is C30H31FN4O5. The number of amides is 1. The molecule has 0 saturated carbocycles. The number of carbonyl (C=O) groups is 1. The van der Waals surface area contributed by atoms with Gasteiger partial charge in [-0.25, -0.2) is 4.39 Å². The summed E-state index contributed by atoms with van der Waals surface area (Å²) in [5, 5.41) is 2.70. The number of halogens is 1. The molecule has 4 aromatic rings. The van der Waals surface area contributed by atoms with Crippen molar-refractivity contribution in [1.29, 1.82) is 0 Å². The predicted molar refractivity (Wildman–Crippen MR) is 148 cm³/mol. The zero-order chi connectivity index (χ0) is 27.9. The predicted octanol–water partition coefficient (Wildman–Crippen LogP) is 2.83. The van der Waals surface area contributed by atoms with E-state index >= 15 is 0 Å². The van der Waals surface area contributed by atoms with Crippen LogP contribution in [0.5, 0.6) is 5.75 Å². The lowest BCUT2D eigenvalue weighted by atomic mass is 10.2. The highest BCUT2D eigenvalue weighted by molar-refractivity contribution is 5.94. The molecule has 2 aromatic carbocycles. The van der Waals surface area contributed by atoms with Crippen LogP contribution in [0.1, 0.15) is 27.9 Å². The molecule has 1 aliphatic rings. The van der Waals surface area contributed by atoms with Gasteiger partial charge in [-0.2, -0.15) is 0 Å². The Morgan fingerprint density at radius 3 is 2.45 bits per heavy atom. The lowest BCUT2D eigenvalue weighted by Crippen LogP contribution is -2.37. The quantitative estimate of drug-likeness (QED) is 0.329. The summed E-state index contributed by atoms with van der Waals surface area (Å²) in [5.41, 5.74) is 0.361. The molecule has 5 rings (SSSR count). The van der Waals surface area contributed by atoms with Gasteiger partial charge in [-0.05, 0) is 29.7 Å². The average Bonchev–Trinajstić information content (AvgIpc) is 2.98. The Labute approximate surface area is 230 Å². The summed E-state index contributed by atoms with van der Waals surface area (Å²) in [4.78, 5) is 42.5. The fourth-order valence-electron chi connectivity index (χ4n) is 4.66. The molecular weight excluding hydrogens is 515 g/mol. The normalized spacial score (nSPS) is 13.8. The van der Waals surface area contributed by atoms with Crippen molar-refractivity contribution in [3.63, 3.8) is 0 Å². The molecule has 1 aliphatic heterocycles. The van der Waals surface area contributed by atoms with E-state index < -0.39 is 11.3 Å². The van der Waals surface area contributed by atoms with Gasteiger partial charge in [-0.15, -0.1) is 0 Å². The molecule has 208 valence electrons. The SMILES string of the molecule is O=C(NCc1ccc(F)cc1)c1cn2ccn(CCCN3CCOCC3)c(=O)c2c(OCc2ccccc2)c1=O. The second-order valence-corrected chi connectivity index (χ2v) is 9.64. The highest BCUT2D eigenvalue weighted by Gasteiger charge is 2.21. The van der Waals surface area contributed by atoms with E-state index in [9.17, 15) is 18.8 Å². The summed E-state index contributed by atoms with van der Waals surface area (Å²) in [6, 6.07) is 15.0. The van der Waals surface area contributed by atoms with Crippen LogP contribution in [0.2, 0.25) is 0 Å². The molecule has 1 fully saturated rings. The maximum absolute atomic E-state index is 13.6. The number of aryl methyl sites for hydroxylation is 1. The van der Waals surface area contributed by atoms with E-state index in [1.807, 2.05) is 30.3 Å². The van der Waals surface area contributed by atoms with Crippen molar-refractivity contribution in [2.24, 2.45) is 0 Å². The van der Waals surface area contributed by atoms with Gasteiger partial charge in [0, 0.05) is 51.3 Å². The summed E-state index contributed by atoms with van der Waals surface area (Å²) in [5.74, 6) is -1.18. The minimum atomic E-state index is -0.671. The van der Waals surface area contributed by atoms with E-state index in [0.29, 0.717) is 25.3 Å². The first-order valence-corrected chi connectivity index (χ1v) is 13.3. The molecule has 1 amide bonds. The van der Waals surface area contributed by atoms with Crippen LogP contribution in [0.4, 0.5) is 4.39 Å². The smallest absolute Gasteiger partial charge is 0.278 e. The number of aromatic nitrogens is 2. The number of fused-ring (bicyclic) bond motifs is 1. The number of hydrogen-bond donors (Lipinski definition) is 1. The van der Waals surface area contributed by atoms with Gasteiger partial charge >= 0.3 is 0 Å². The van der Waals surface area contributed by atoms with Gasteiger partial charge in [-0.3, -0.25) is 19.3 Å². The first kappa shape index (κ1) is 27.3. The minimum absolute atomic E-state index is 0.0533. The molecule has 2 aromatic heterocycles. The fourth-order valence-corrected chi connectivity index (χ4v) is 4.66. The Bertz CT molecular complexity index is 1580. The number of ether oxygens (including phenoxy) is 2. The van der Waals surface area contributed by atoms with Gasteiger partial charge in [0.15, 0.2) is 11.3 Å². The Hall–Kier alpha value is -4.28. The third-order valence-corrected chi connectivity index (χ3v) is 6.88. The lowest BCUT2D eigenvalue weighted by molar-refractivity contribution is 0.0369. The Kier molecular flexibility index (Phi) is 8.68. The van der Waals surface area contributed by atoms with E-state index in [2.05, 4.69) is 10.2 Å². The van der Waals surface area contributed by atoms with E-state index in [-0.39, 0.29) is 41.4 Å². The summed E-state index contributed by atoms with van der Waals surface area (Å²) < 4.78 is 27.6. The van der Waals surface area contributed by atoms with E-state index in [1.165, 1.54) is 22.7 Å². The van der Waals surface area contributed by atoms with Crippen LogP contribution in [0, 0.1) is 5.82 Å². The number of benzene rings is 2. The van der Waals surface area contributed by atoms with Gasteiger partial charge in [0.1, 0.15) is 18.0 Å². The molecule has 0 spiro atoms. The topological polar surface area (TPSA) is 94.3 Å². The van der Waals surface area contributed by atoms with Crippen molar-refractivity contribution in [2.45, 2.75) is 26.1 Å². The summed E-state index contributed by atoms with van der Waals surface area (Å²) in [7, 11) is 0. The van der Waals surface area contributed by atoms with Crippen molar-refractivity contribution < 1.29 is 18.7 Å². The average molecular weight is 547 g/mol. The lowest BCUT2D eigenvalue weighted by Gasteiger charge is -2.26. The molecule has 0 bridgehead atoms. The zero-order valence-corrected chi connectivity index (χ0v) is 22.1. The molecule has 40 heavy (non-hydrogen) atoms. The largest absolute Gasteiger partial charge is 0.483 e. The molecule has 0 radical (unpaired) electrons. The summed E-state index contributed by atoms with van der Waals surface area (Å²) in [6.45, 7) is 4.61. The number of nitrogens with zero attached hydrogens (tertiary/aromatic N) is 3. The highest BCUT2D eigenvalue weighted by Crippen LogP contribution is 2.16. The molecule has 1 N–H and O–H groups in total. The van der Waals surface area contributed by atoms with Gasteiger partial charge in [0.05, 0.1) is 13.2 Å². The first-order valence-electron chi connectivity index (χ1n) is 13.3. The Morgan fingerprint density at radius 2 is 1.70 bits per heavy atom. The first-order chi connectivity index (χ1) is 19.5. The van der Waals surface area contributed by atoms with Crippen LogP contribution in [0.25, 0.3) is 5.52 Å². The number of carbonyl (C=O) groups excluding carboxylic acids is 1. The number of morpholine rings is 1. The third kappa shape index (κ3) is 6.47. The standard InChI is InChI=1S/C30H31FN4O5/c31-24-9-7-22(8-10-24)19-32-29(37)25-20-35-14-13-34(12-4-11-33-15-17-39-18-16-33)30(38)26(35)28(27(25)36)40-21-23-5-2-1-3-6-23/h1-3,5-10,13-14,20H,4,11-12,15-19,21H2,(H,32,37). The van der Waals surface area contributed by atoms with Gasteiger partial charge < -0.3 is 23.8 Å². The number of hydrogen-bond acceptors (Lipinski definition) is 6. The van der Waals surface area contributed by atoms with Gasteiger partial charge in [0.25, 0.3) is 11.5 Å². The molecule has 1 saturated heterocycles. The van der Waals surface area contributed by atoms with Crippen LogP contribution in [0.3, 0.4) is 0 Å². The maximum Gasteiger partial charge on any atom is 0.278 e. The van der Waals surface area contributed by atoms with Crippen LogP contribution >= 0.6 is 0 Å². The number of pyridine rings is 1. The monoisotopic (exact) mass is 546 g/mol. The minimum Gasteiger partial charge on any atom is -0.483 e. The van der Waals surface area contributed by atoms with E-state index in [4.69, 9.17) is 9.47 Å². The number of nitrogens with one attached hydrogen (secondary N) is 1. The fraction of sp³-hybridized carbons (Fsp3) is 0.300. The third-order valence-electron chi connectivity index (χ3n) is 6.88. The molecule has 9 nitrogen and oxygen atoms in total. The molecule has 0 unspecified atom stereocenters. The maximum atomic E-state index is 13.6. The second-order valence-electron chi connectivity index (χ2n) is 9.64. The van der Waals surface area contributed by atoms with Gasteiger partial charge in [-0.1, -0.05) is 42.5 Å². The van der Waals surface area contributed by atoms with Gasteiger partial charge in [0.2, 0.25) is 5.43 Å². The van der Waals surface area contributed by atoms with Crippen LogP contribution in [-0.4, -0.2) is 52.6 Å². The zero-order valence-electron chi connectivity index (χ0n) is 22.1. The van der Waals surface area contributed by atoms with E-state index in [0.717, 1.165) is 31.6 Å². The molecule has 0 aliphatic carbocycles. The summed E-state index contributed by atoms with van der Waals surface area (Å²) >= 11 is 0. The van der Waals surface area contributed by atoms with E-state index in [1.54, 1.807) is 29.1 Å². The molecule has 10 heteroatoms. The van der Waals surface area contributed by atoms with Crippen molar-refractivity contribution in [3.8, 4) is 5.75 Å². The van der Waals surface area contributed by atoms with Crippen LogP contribution < -0.4 is 21.0 Å². The van der Waals surface area contributed by atoms with Crippen LogP contribution in [-0.2, 0) is 24.4 Å². The molecule has 3 heterocycles. The van der Waals surface area contributed by atoms with Crippen molar-refractivity contribution >= 4 is 11.4 Å². The summed E-state index contributed by atoms with van der Waals surface area (Å²) in [6.07, 6.45) is 5.41. The number of rotatable bonds is 10. The van der Waals surface area contributed by atoms with Crippen LogP contribution in [0.15, 0.2) is 82.8 Å². The highest BCUT2D eigenvalue weighted by atomic mass is 19.1. The Balaban J connectivity index is 1.43.